The lowest BCUT2D eigenvalue weighted by atomic mass is 10.2. The Kier molecular flexibility index (Phi) is 3.42. The molecular weight excluding hydrogens is 292 g/mol. The summed E-state index contributed by atoms with van der Waals surface area (Å²) in [6, 6.07) is 7.04. The summed E-state index contributed by atoms with van der Waals surface area (Å²) in [4.78, 5) is 29.6. The zero-order valence-electron chi connectivity index (χ0n) is 11.5. The van der Waals surface area contributed by atoms with Crippen molar-refractivity contribution in [2.24, 2.45) is 0 Å². The molecule has 0 fully saturated rings. The molecule has 2 N–H and O–H groups in total. The smallest absolute Gasteiger partial charge is 0.360 e. The van der Waals surface area contributed by atoms with Crippen LogP contribution in [0.15, 0.2) is 29.1 Å². The van der Waals surface area contributed by atoms with Crippen molar-refractivity contribution in [2.45, 2.75) is 6.10 Å². The van der Waals surface area contributed by atoms with Gasteiger partial charge in [0.2, 0.25) is 5.75 Å². The lowest BCUT2D eigenvalue weighted by Gasteiger charge is -2.25. The first kappa shape index (κ1) is 13.9. The molecule has 114 valence electrons. The highest BCUT2D eigenvalue weighted by Gasteiger charge is 2.27. The summed E-state index contributed by atoms with van der Waals surface area (Å²) in [5.41, 5.74) is -1.32. The molecule has 0 aliphatic carbocycles. The quantitative estimate of drug-likeness (QED) is 0.788. The lowest BCUT2D eigenvalue weighted by molar-refractivity contribution is 0.0583. The number of nitrogens with one attached hydrogen (secondary N) is 1. The first-order valence-corrected chi connectivity index (χ1v) is 6.40. The van der Waals surface area contributed by atoms with E-state index >= 15 is 0 Å². The van der Waals surface area contributed by atoms with Gasteiger partial charge in [-0.25, -0.2) is 9.78 Å². The van der Waals surface area contributed by atoms with Crippen LogP contribution in [0.25, 0.3) is 0 Å². The van der Waals surface area contributed by atoms with Crippen molar-refractivity contribution < 1.29 is 24.1 Å². The molecule has 0 amide bonds. The van der Waals surface area contributed by atoms with E-state index in [2.05, 4.69) is 14.7 Å². The molecule has 1 aliphatic rings. The summed E-state index contributed by atoms with van der Waals surface area (Å²) in [6.07, 6.45) is -0.716. The summed E-state index contributed by atoms with van der Waals surface area (Å²) in [7, 11) is 1.13. The predicted molar refractivity (Wildman–Crippen MR) is 73.2 cm³/mol. The Bertz CT molecular complexity index is 785. The minimum atomic E-state index is -0.915. The Balaban J connectivity index is 1.98. The van der Waals surface area contributed by atoms with Crippen LogP contribution in [0.3, 0.4) is 0 Å². The number of fused-ring (bicyclic) bond motifs is 1. The number of hydrogen-bond acceptors (Lipinski definition) is 7. The molecule has 2 aromatic rings. The molecule has 0 spiro atoms. The second-order valence-corrected chi connectivity index (χ2v) is 4.50. The number of aromatic hydroxyl groups is 1. The Labute approximate surface area is 124 Å². The number of nitrogens with zero attached hydrogens (tertiary/aromatic N) is 1. The van der Waals surface area contributed by atoms with E-state index in [9.17, 15) is 14.7 Å². The van der Waals surface area contributed by atoms with E-state index in [4.69, 9.17) is 9.47 Å². The average Bonchev–Trinajstić information content (AvgIpc) is 2.56. The van der Waals surface area contributed by atoms with Gasteiger partial charge in [-0.2, -0.15) is 0 Å². The highest BCUT2D eigenvalue weighted by atomic mass is 16.6. The van der Waals surface area contributed by atoms with E-state index in [0.717, 1.165) is 7.11 Å². The van der Waals surface area contributed by atoms with Crippen LogP contribution in [-0.2, 0) is 4.74 Å². The van der Waals surface area contributed by atoms with Crippen LogP contribution in [0.4, 0.5) is 0 Å². The number of benzene rings is 1. The first-order chi connectivity index (χ1) is 10.6. The molecule has 2 heterocycles. The number of H-pyrrole nitrogens is 1. The van der Waals surface area contributed by atoms with Crippen LogP contribution in [0.5, 0.6) is 17.2 Å². The summed E-state index contributed by atoms with van der Waals surface area (Å²) < 4.78 is 15.7. The normalized spacial score (nSPS) is 16.1. The van der Waals surface area contributed by atoms with Gasteiger partial charge in [-0.1, -0.05) is 12.1 Å². The van der Waals surface area contributed by atoms with Crippen molar-refractivity contribution in [1.82, 2.24) is 9.97 Å². The molecule has 1 atom stereocenters. The molecule has 8 heteroatoms. The minimum Gasteiger partial charge on any atom is -0.501 e. The second kappa shape index (κ2) is 5.40. The van der Waals surface area contributed by atoms with Gasteiger partial charge in [0.05, 0.1) is 7.11 Å². The molecule has 0 saturated heterocycles. The number of rotatable bonds is 2. The molecule has 1 unspecified atom stereocenters. The van der Waals surface area contributed by atoms with E-state index in [1.165, 1.54) is 0 Å². The standard InChI is InChI=1S/C14H12N2O6/c1-20-14(19)10-11(17)13(18)16-12(15-10)9-6-21-7-4-2-3-5-8(7)22-9/h2-5,9,17H,6H2,1H3,(H,15,16,18). The number of aromatic amines is 1. The molecule has 0 radical (unpaired) electrons. The third-order valence-corrected chi connectivity index (χ3v) is 3.11. The fraction of sp³-hybridized carbons (Fsp3) is 0.214. The van der Waals surface area contributed by atoms with Gasteiger partial charge in [-0.05, 0) is 12.1 Å². The topological polar surface area (TPSA) is 111 Å². The van der Waals surface area contributed by atoms with Gasteiger partial charge in [0.1, 0.15) is 6.61 Å². The maximum atomic E-state index is 11.7. The molecule has 0 saturated carbocycles. The molecular formula is C14H12N2O6. The van der Waals surface area contributed by atoms with E-state index in [1.54, 1.807) is 24.3 Å². The lowest BCUT2D eigenvalue weighted by Crippen LogP contribution is -2.27. The summed E-state index contributed by atoms with van der Waals surface area (Å²) >= 11 is 0. The Hall–Kier alpha value is -3.03. The van der Waals surface area contributed by atoms with Gasteiger partial charge >= 0.3 is 5.97 Å². The third kappa shape index (κ3) is 2.34. The van der Waals surface area contributed by atoms with Crippen molar-refractivity contribution in [2.75, 3.05) is 13.7 Å². The molecule has 1 aromatic heterocycles. The number of methoxy groups -OCH3 is 1. The molecule has 22 heavy (non-hydrogen) atoms. The maximum Gasteiger partial charge on any atom is 0.360 e. The zero-order chi connectivity index (χ0) is 15.7. The number of hydrogen-bond donors (Lipinski definition) is 2. The van der Waals surface area contributed by atoms with Gasteiger partial charge in [-0.15, -0.1) is 0 Å². The highest BCUT2D eigenvalue weighted by molar-refractivity contribution is 5.89. The number of ether oxygens (including phenoxy) is 3. The minimum absolute atomic E-state index is 0.0673. The van der Waals surface area contributed by atoms with Crippen molar-refractivity contribution in [3.63, 3.8) is 0 Å². The third-order valence-electron chi connectivity index (χ3n) is 3.11. The first-order valence-electron chi connectivity index (χ1n) is 6.40. The van der Waals surface area contributed by atoms with Crippen LogP contribution in [0, 0.1) is 0 Å². The fourth-order valence-electron chi connectivity index (χ4n) is 2.03. The van der Waals surface area contributed by atoms with Crippen LogP contribution >= 0.6 is 0 Å². The van der Waals surface area contributed by atoms with Crippen molar-refractivity contribution in [3.05, 3.63) is 46.1 Å². The SMILES string of the molecule is COC(=O)c1nc(C2COc3ccccc3O2)[nH]c(=O)c1O. The largest absolute Gasteiger partial charge is 0.501 e. The van der Waals surface area contributed by atoms with Crippen LogP contribution < -0.4 is 15.0 Å². The molecule has 1 aliphatic heterocycles. The monoisotopic (exact) mass is 304 g/mol. The van der Waals surface area contributed by atoms with E-state index in [0.29, 0.717) is 11.5 Å². The Morgan fingerprint density at radius 2 is 2.14 bits per heavy atom. The van der Waals surface area contributed by atoms with Crippen molar-refractivity contribution in [1.29, 1.82) is 0 Å². The number of esters is 1. The average molecular weight is 304 g/mol. The fourth-order valence-corrected chi connectivity index (χ4v) is 2.03. The van der Waals surface area contributed by atoms with Gasteiger partial charge < -0.3 is 24.3 Å². The molecule has 8 nitrogen and oxygen atoms in total. The number of aromatic nitrogens is 2. The zero-order valence-corrected chi connectivity index (χ0v) is 11.5. The molecule has 1 aromatic carbocycles. The van der Waals surface area contributed by atoms with E-state index in [-0.39, 0.29) is 12.4 Å². The number of carbonyl (C=O) groups excluding carboxylic acids is 1. The van der Waals surface area contributed by atoms with E-state index < -0.39 is 29.1 Å². The highest BCUT2D eigenvalue weighted by Crippen LogP contribution is 2.34. The summed E-state index contributed by atoms with van der Waals surface area (Å²) in [5, 5.41) is 9.60. The van der Waals surface area contributed by atoms with Gasteiger partial charge in [0.25, 0.3) is 5.56 Å². The molecule has 3 rings (SSSR count). The van der Waals surface area contributed by atoms with Crippen LogP contribution in [-0.4, -0.2) is 34.8 Å². The number of para-hydroxylation sites is 2. The van der Waals surface area contributed by atoms with Crippen molar-refractivity contribution >= 4 is 5.97 Å². The molecule has 0 bridgehead atoms. The summed E-state index contributed by atoms with van der Waals surface area (Å²) in [6.45, 7) is 0.103. The Morgan fingerprint density at radius 3 is 2.86 bits per heavy atom. The van der Waals surface area contributed by atoms with Crippen molar-refractivity contribution in [3.8, 4) is 17.2 Å². The van der Waals surface area contributed by atoms with E-state index in [1.807, 2.05) is 0 Å². The number of carbonyl (C=O) groups is 1. The van der Waals surface area contributed by atoms with Gasteiger partial charge in [-0.3, -0.25) is 4.79 Å². The summed E-state index contributed by atoms with van der Waals surface area (Å²) in [5.74, 6) is -0.574. The van der Waals surface area contributed by atoms with Crippen LogP contribution in [0.2, 0.25) is 0 Å². The second-order valence-electron chi connectivity index (χ2n) is 4.50. The Morgan fingerprint density at radius 1 is 1.41 bits per heavy atom. The van der Waals surface area contributed by atoms with Crippen LogP contribution in [0.1, 0.15) is 22.4 Å². The maximum absolute atomic E-state index is 11.7. The van der Waals surface area contributed by atoms with Gasteiger partial charge in [0, 0.05) is 0 Å². The predicted octanol–water partition coefficient (Wildman–Crippen LogP) is 0.775. The van der Waals surface area contributed by atoms with Gasteiger partial charge in [0.15, 0.2) is 29.1 Å².